The molecule has 0 saturated carbocycles. The Morgan fingerprint density at radius 3 is 2.29 bits per heavy atom. The Hall–Kier alpha value is -0.270. The highest BCUT2D eigenvalue weighted by molar-refractivity contribution is 6.34. The molecule has 1 aromatic heterocycles. The molecule has 1 heterocycles. The first-order valence-electron chi connectivity index (χ1n) is 4.85. The molecule has 1 nitrogen and oxygen atoms in total. The molecule has 0 atom stereocenters. The normalized spacial score (nSPS) is 11.8. The van der Waals surface area contributed by atoms with Crippen LogP contribution < -0.4 is 0 Å². The standard InChI is InChI=1S/C11H15Cl2N/c1-4-11(3,5-2)10-9(13)6-8(12)7-14-10/h6-7H,4-5H2,1-3H3. The van der Waals surface area contributed by atoms with Crippen molar-refractivity contribution in [2.75, 3.05) is 0 Å². The fourth-order valence-electron chi connectivity index (χ4n) is 1.44. The van der Waals surface area contributed by atoms with Gasteiger partial charge in [0, 0.05) is 11.6 Å². The quantitative estimate of drug-likeness (QED) is 0.749. The first kappa shape index (κ1) is 11.8. The third kappa shape index (κ3) is 2.21. The van der Waals surface area contributed by atoms with Crippen LogP contribution in [0.2, 0.25) is 10.0 Å². The smallest absolute Gasteiger partial charge is 0.0649 e. The van der Waals surface area contributed by atoms with Gasteiger partial charge in [-0.15, -0.1) is 0 Å². The maximum Gasteiger partial charge on any atom is 0.0649 e. The van der Waals surface area contributed by atoms with Crippen LogP contribution >= 0.6 is 23.2 Å². The maximum absolute atomic E-state index is 6.12. The second-order valence-corrected chi connectivity index (χ2v) is 4.60. The van der Waals surface area contributed by atoms with E-state index < -0.39 is 0 Å². The first-order chi connectivity index (χ1) is 6.53. The Morgan fingerprint density at radius 1 is 1.29 bits per heavy atom. The maximum atomic E-state index is 6.12. The van der Waals surface area contributed by atoms with Crippen molar-refractivity contribution < 1.29 is 0 Å². The van der Waals surface area contributed by atoms with E-state index in [0.29, 0.717) is 10.0 Å². The average molecular weight is 232 g/mol. The summed E-state index contributed by atoms with van der Waals surface area (Å²) in [6.07, 6.45) is 3.71. The van der Waals surface area contributed by atoms with Crippen molar-refractivity contribution in [1.29, 1.82) is 0 Å². The molecule has 0 unspecified atom stereocenters. The Balaban J connectivity index is 3.17. The first-order valence-corrected chi connectivity index (χ1v) is 5.60. The molecule has 0 radical (unpaired) electrons. The molecule has 0 spiro atoms. The zero-order valence-electron chi connectivity index (χ0n) is 8.77. The number of hydrogen-bond donors (Lipinski definition) is 0. The molecule has 3 heteroatoms. The number of hydrogen-bond acceptors (Lipinski definition) is 1. The fourth-order valence-corrected chi connectivity index (χ4v) is 2.05. The average Bonchev–Trinajstić information content (AvgIpc) is 2.17. The lowest BCUT2D eigenvalue weighted by atomic mass is 9.81. The second-order valence-electron chi connectivity index (χ2n) is 3.75. The van der Waals surface area contributed by atoms with Crippen LogP contribution in [0.5, 0.6) is 0 Å². The molecule has 0 aliphatic rings. The third-order valence-electron chi connectivity index (χ3n) is 2.94. The molecular weight excluding hydrogens is 217 g/mol. The predicted molar refractivity (Wildman–Crippen MR) is 62.2 cm³/mol. The van der Waals surface area contributed by atoms with Crippen molar-refractivity contribution in [2.45, 2.75) is 39.0 Å². The van der Waals surface area contributed by atoms with E-state index in [2.05, 4.69) is 25.8 Å². The number of aromatic nitrogens is 1. The van der Waals surface area contributed by atoms with E-state index in [1.54, 1.807) is 12.3 Å². The van der Waals surface area contributed by atoms with Crippen LogP contribution in [0.25, 0.3) is 0 Å². The molecule has 0 aromatic carbocycles. The van der Waals surface area contributed by atoms with Gasteiger partial charge in [-0.25, -0.2) is 0 Å². The zero-order chi connectivity index (χ0) is 10.8. The highest BCUT2D eigenvalue weighted by atomic mass is 35.5. The van der Waals surface area contributed by atoms with Crippen molar-refractivity contribution in [3.05, 3.63) is 28.0 Å². The van der Waals surface area contributed by atoms with E-state index in [9.17, 15) is 0 Å². The number of nitrogens with zero attached hydrogens (tertiary/aromatic N) is 1. The lowest BCUT2D eigenvalue weighted by Gasteiger charge is -2.26. The highest BCUT2D eigenvalue weighted by Crippen LogP contribution is 2.34. The molecule has 1 rings (SSSR count). The minimum atomic E-state index is 0.0572. The van der Waals surface area contributed by atoms with Gasteiger partial charge >= 0.3 is 0 Å². The summed E-state index contributed by atoms with van der Waals surface area (Å²) in [5, 5.41) is 1.26. The summed E-state index contributed by atoms with van der Waals surface area (Å²) < 4.78 is 0. The van der Waals surface area contributed by atoms with Gasteiger partial charge in [0.2, 0.25) is 0 Å². The van der Waals surface area contributed by atoms with Gasteiger partial charge < -0.3 is 0 Å². The molecule has 0 aliphatic carbocycles. The third-order valence-corrected chi connectivity index (χ3v) is 3.43. The van der Waals surface area contributed by atoms with Crippen LogP contribution in [-0.2, 0) is 5.41 Å². The van der Waals surface area contributed by atoms with E-state index in [-0.39, 0.29) is 5.41 Å². The van der Waals surface area contributed by atoms with E-state index in [1.807, 2.05) is 0 Å². The monoisotopic (exact) mass is 231 g/mol. The summed E-state index contributed by atoms with van der Waals surface area (Å²) in [6, 6.07) is 1.76. The highest BCUT2D eigenvalue weighted by Gasteiger charge is 2.26. The van der Waals surface area contributed by atoms with Crippen molar-refractivity contribution in [2.24, 2.45) is 0 Å². The number of halogens is 2. The van der Waals surface area contributed by atoms with E-state index >= 15 is 0 Å². The lowest BCUT2D eigenvalue weighted by Crippen LogP contribution is -2.21. The van der Waals surface area contributed by atoms with Gasteiger partial charge in [0.15, 0.2) is 0 Å². The number of pyridine rings is 1. The molecule has 0 fully saturated rings. The Kier molecular flexibility index (Phi) is 3.79. The predicted octanol–water partition coefficient (Wildman–Crippen LogP) is 4.47. The van der Waals surface area contributed by atoms with Gasteiger partial charge in [-0.3, -0.25) is 4.98 Å². The molecule has 14 heavy (non-hydrogen) atoms. The van der Waals surface area contributed by atoms with Crippen LogP contribution in [0.1, 0.15) is 39.3 Å². The summed E-state index contributed by atoms with van der Waals surface area (Å²) in [5.41, 5.74) is 1.01. The fraction of sp³-hybridized carbons (Fsp3) is 0.545. The Morgan fingerprint density at radius 2 is 1.86 bits per heavy atom. The van der Waals surface area contributed by atoms with Gasteiger partial charge in [0.1, 0.15) is 0 Å². The van der Waals surface area contributed by atoms with Crippen LogP contribution in [-0.4, -0.2) is 4.98 Å². The van der Waals surface area contributed by atoms with Gasteiger partial charge in [0.05, 0.1) is 15.7 Å². The molecule has 0 saturated heterocycles. The minimum absolute atomic E-state index is 0.0572. The van der Waals surface area contributed by atoms with Gasteiger partial charge in [-0.05, 0) is 18.9 Å². The summed E-state index contributed by atoms with van der Waals surface area (Å²) in [4.78, 5) is 4.33. The summed E-state index contributed by atoms with van der Waals surface area (Å²) in [5.74, 6) is 0. The molecular formula is C11H15Cl2N. The van der Waals surface area contributed by atoms with Crippen LogP contribution in [0, 0.1) is 0 Å². The lowest BCUT2D eigenvalue weighted by molar-refractivity contribution is 0.426. The van der Waals surface area contributed by atoms with Gasteiger partial charge in [-0.2, -0.15) is 0 Å². The van der Waals surface area contributed by atoms with Gasteiger partial charge in [0.25, 0.3) is 0 Å². The summed E-state index contributed by atoms with van der Waals surface area (Å²) in [7, 11) is 0. The van der Waals surface area contributed by atoms with Crippen LogP contribution in [0.15, 0.2) is 12.3 Å². The Labute approximate surface area is 95.4 Å². The van der Waals surface area contributed by atoms with Crippen LogP contribution in [0.3, 0.4) is 0 Å². The van der Waals surface area contributed by atoms with Crippen molar-refractivity contribution in [3.8, 4) is 0 Å². The molecule has 0 bridgehead atoms. The Bertz CT molecular complexity index is 319. The van der Waals surface area contributed by atoms with E-state index in [0.717, 1.165) is 18.5 Å². The molecule has 78 valence electrons. The summed E-state index contributed by atoms with van der Waals surface area (Å²) in [6.45, 7) is 6.47. The van der Waals surface area contributed by atoms with Crippen molar-refractivity contribution >= 4 is 23.2 Å². The molecule has 0 amide bonds. The van der Waals surface area contributed by atoms with Gasteiger partial charge in [-0.1, -0.05) is 44.0 Å². The minimum Gasteiger partial charge on any atom is -0.258 e. The zero-order valence-corrected chi connectivity index (χ0v) is 10.3. The van der Waals surface area contributed by atoms with Crippen molar-refractivity contribution in [1.82, 2.24) is 4.98 Å². The SMILES string of the molecule is CCC(C)(CC)c1ncc(Cl)cc1Cl. The van der Waals surface area contributed by atoms with E-state index in [4.69, 9.17) is 23.2 Å². The molecule has 0 aliphatic heterocycles. The topological polar surface area (TPSA) is 12.9 Å². The summed E-state index contributed by atoms with van der Waals surface area (Å²) >= 11 is 11.9. The molecule has 0 N–H and O–H groups in total. The largest absolute Gasteiger partial charge is 0.258 e. The second kappa shape index (κ2) is 4.50. The van der Waals surface area contributed by atoms with E-state index in [1.165, 1.54) is 0 Å². The van der Waals surface area contributed by atoms with Crippen molar-refractivity contribution in [3.63, 3.8) is 0 Å². The molecule has 1 aromatic rings. The number of rotatable bonds is 3. The van der Waals surface area contributed by atoms with Crippen LogP contribution in [0.4, 0.5) is 0 Å².